The summed E-state index contributed by atoms with van der Waals surface area (Å²) in [4.78, 5) is 40.8. The van der Waals surface area contributed by atoms with Gasteiger partial charge in [-0.1, -0.05) is 23.2 Å². The van der Waals surface area contributed by atoms with Crippen LogP contribution in [0.15, 0.2) is 41.0 Å². The van der Waals surface area contributed by atoms with Crippen LogP contribution in [0.4, 0.5) is 5.69 Å². The summed E-state index contributed by atoms with van der Waals surface area (Å²) in [6, 6.07) is 7.34. The fourth-order valence-corrected chi connectivity index (χ4v) is 3.55. The highest BCUT2D eigenvalue weighted by Crippen LogP contribution is 2.26. The Morgan fingerprint density at radius 3 is 2.69 bits per heavy atom. The van der Waals surface area contributed by atoms with Crippen LogP contribution in [-0.4, -0.2) is 53.7 Å². The maximum absolute atomic E-state index is 12.8. The van der Waals surface area contributed by atoms with Gasteiger partial charge in [0.25, 0.3) is 5.91 Å². The van der Waals surface area contributed by atoms with E-state index in [0.717, 1.165) is 12.8 Å². The zero-order valence-corrected chi connectivity index (χ0v) is 17.4. The number of halogens is 2. The number of piperidine rings is 1. The predicted molar refractivity (Wildman–Crippen MR) is 110 cm³/mol. The second-order valence-electron chi connectivity index (χ2n) is 6.86. The van der Waals surface area contributed by atoms with Crippen molar-refractivity contribution in [2.75, 3.05) is 25.5 Å². The molecule has 1 aromatic heterocycles. The molecule has 154 valence electrons. The monoisotopic (exact) mass is 437 g/mol. The van der Waals surface area contributed by atoms with E-state index in [4.69, 9.17) is 27.6 Å². The van der Waals surface area contributed by atoms with E-state index in [1.807, 2.05) is 0 Å². The van der Waals surface area contributed by atoms with E-state index >= 15 is 0 Å². The molecule has 1 aliphatic rings. The Hall–Kier alpha value is -2.51. The third-order valence-electron chi connectivity index (χ3n) is 4.76. The Kier molecular flexibility index (Phi) is 6.82. The molecule has 0 bridgehead atoms. The van der Waals surface area contributed by atoms with Crippen molar-refractivity contribution in [1.29, 1.82) is 0 Å². The van der Waals surface area contributed by atoms with Gasteiger partial charge in [0, 0.05) is 19.3 Å². The van der Waals surface area contributed by atoms with Crippen molar-refractivity contribution in [2.24, 2.45) is 0 Å². The van der Waals surface area contributed by atoms with E-state index in [9.17, 15) is 14.4 Å². The molecular formula is C20H21Cl2N3O4. The Morgan fingerprint density at radius 2 is 2.00 bits per heavy atom. The lowest BCUT2D eigenvalue weighted by Gasteiger charge is -2.35. The average Bonchev–Trinajstić information content (AvgIpc) is 3.25. The van der Waals surface area contributed by atoms with Crippen LogP contribution in [0.3, 0.4) is 0 Å². The molecule has 3 rings (SSSR count). The zero-order valence-electron chi connectivity index (χ0n) is 15.9. The van der Waals surface area contributed by atoms with Gasteiger partial charge in [-0.2, -0.15) is 0 Å². The summed E-state index contributed by atoms with van der Waals surface area (Å²) >= 11 is 11.9. The molecule has 3 amide bonds. The van der Waals surface area contributed by atoms with E-state index in [0.29, 0.717) is 28.7 Å². The molecule has 1 aromatic carbocycles. The summed E-state index contributed by atoms with van der Waals surface area (Å²) in [6.07, 6.45) is 3.59. The van der Waals surface area contributed by atoms with E-state index in [1.165, 1.54) is 29.2 Å². The summed E-state index contributed by atoms with van der Waals surface area (Å²) in [5.74, 6) is -0.817. The third kappa shape index (κ3) is 5.10. The van der Waals surface area contributed by atoms with Gasteiger partial charge in [-0.3, -0.25) is 14.4 Å². The molecule has 1 aliphatic heterocycles. The lowest BCUT2D eigenvalue weighted by atomic mass is 10.0. The van der Waals surface area contributed by atoms with E-state index in [1.54, 1.807) is 24.3 Å². The van der Waals surface area contributed by atoms with Gasteiger partial charge in [0.15, 0.2) is 5.76 Å². The number of hydrogen-bond acceptors (Lipinski definition) is 4. The first kappa shape index (κ1) is 21.2. The van der Waals surface area contributed by atoms with Crippen LogP contribution in [0.2, 0.25) is 10.0 Å². The minimum absolute atomic E-state index is 0.143. The van der Waals surface area contributed by atoms with Crippen molar-refractivity contribution < 1.29 is 18.8 Å². The van der Waals surface area contributed by atoms with Crippen molar-refractivity contribution in [1.82, 2.24) is 9.80 Å². The molecule has 2 aromatic rings. The van der Waals surface area contributed by atoms with Gasteiger partial charge in [0.2, 0.25) is 11.8 Å². The Bertz CT molecular complexity index is 901. The lowest BCUT2D eigenvalue weighted by molar-refractivity contribution is -0.140. The van der Waals surface area contributed by atoms with Crippen LogP contribution in [-0.2, 0) is 9.59 Å². The topological polar surface area (TPSA) is 82.9 Å². The number of benzene rings is 1. The molecule has 29 heavy (non-hydrogen) atoms. The Balaban J connectivity index is 1.66. The molecule has 0 radical (unpaired) electrons. The summed E-state index contributed by atoms with van der Waals surface area (Å²) < 4.78 is 5.09. The van der Waals surface area contributed by atoms with Gasteiger partial charge in [-0.25, -0.2) is 0 Å². The van der Waals surface area contributed by atoms with E-state index in [-0.39, 0.29) is 24.1 Å². The first-order valence-corrected chi connectivity index (χ1v) is 9.97. The molecule has 2 heterocycles. The highest BCUT2D eigenvalue weighted by Gasteiger charge is 2.33. The van der Waals surface area contributed by atoms with E-state index < -0.39 is 11.9 Å². The maximum atomic E-state index is 12.8. The average molecular weight is 438 g/mol. The summed E-state index contributed by atoms with van der Waals surface area (Å²) in [7, 11) is 1.53. The molecule has 7 nitrogen and oxygen atoms in total. The molecule has 1 unspecified atom stereocenters. The second kappa shape index (κ2) is 9.33. The van der Waals surface area contributed by atoms with Crippen molar-refractivity contribution >= 4 is 46.6 Å². The van der Waals surface area contributed by atoms with Crippen LogP contribution in [0.25, 0.3) is 0 Å². The van der Waals surface area contributed by atoms with Crippen molar-refractivity contribution in [3.05, 3.63) is 52.4 Å². The molecule has 0 saturated carbocycles. The molecular weight excluding hydrogens is 417 g/mol. The van der Waals surface area contributed by atoms with Gasteiger partial charge in [-0.15, -0.1) is 0 Å². The predicted octanol–water partition coefficient (Wildman–Crippen LogP) is 3.68. The summed E-state index contributed by atoms with van der Waals surface area (Å²) in [6.45, 7) is 0.317. The smallest absolute Gasteiger partial charge is 0.289 e. The fraction of sp³-hybridized carbons (Fsp3) is 0.350. The first-order valence-electron chi connectivity index (χ1n) is 9.21. The highest BCUT2D eigenvalue weighted by atomic mass is 35.5. The molecule has 1 N–H and O–H groups in total. The highest BCUT2D eigenvalue weighted by molar-refractivity contribution is 6.42. The number of nitrogens with zero attached hydrogens (tertiary/aromatic N) is 2. The van der Waals surface area contributed by atoms with Crippen LogP contribution < -0.4 is 5.32 Å². The third-order valence-corrected chi connectivity index (χ3v) is 5.50. The summed E-state index contributed by atoms with van der Waals surface area (Å²) in [5.41, 5.74) is 0.507. The molecule has 1 fully saturated rings. The number of anilines is 1. The molecule has 1 saturated heterocycles. The molecule has 1 atom stereocenters. The Morgan fingerprint density at radius 1 is 1.21 bits per heavy atom. The number of likely N-dealkylation sites (N-methyl/N-ethyl adjacent to an activating group) is 1. The number of rotatable bonds is 5. The molecule has 0 spiro atoms. The molecule has 9 heteroatoms. The van der Waals surface area contributed by atoms with Gasteiger partial charge in [0.05, 0.1) is 22.9 Å². The van der Waals surface area contributed by atoms with Gasteiger partial charge in [-0.05, 0) is 49.6 Å². The van der Waals surface area contributed by atoms with Crippen molar-refractivity contribution in [3.63, 3.8) is 0 Å². The summed E-state index contributed by atoms with van der Waals surface area (Å²) in [5, 5.41) is 3.52. The minimum Gasteiger partial charge on any atom is -0.459 e. The second-order valence-corrected chi connectivity index (χ2v) is 7.67. The van der Waals surface area contributed by atoms with Gasteiger partial charge < -0.3 is 19.5 Å². The van der Waals surface area contributed by atoms with Crippen LogP contribution >= 0.6 is 23.2 Å². The first-order chi connectivity index (χ1) is 13.9. The van der Waals surface area contributed by atoms with Crippen LogP contribution in [0, 0.1) is 0 Å². The fourth-order valence-electron chi connectivity index (χ4n) is 3.26. The lowest BCUT2D eigenvalue weighted by Crippen LogP contribution is -2.52. The number of carbonyl (C=O) groups is 3. The number of nitrogens with one attached hydrogen (secondary N) is 1. The largest absolute Gasteiger partial charge is 0.459 e. The number of furan rings is 1. The number of carbonyl (C=O) groups excluding carboxylic acids is 3. The van der Waals surface area contributed by atoms with Crippen molar-refractivity contribution in [2.45, 2.75) is 25.3 Å². The van der Waals surface area contributed by atoms with Gasteiger partial charge >= 0.3 is 0 Å². The number of likely N-dealkylation sites (tertiary alicyclic amines) is 1. The molecule has 0 aliphatic carbocycles. The van der Waals surface area contributed by atoms with Crippen LogP contribution in [0.5, 0.6) is 0 Å². The Labute approximate surface area is 178 Å². The van der Waals surface area contributed by atoms with Crippen molar-refractivity contribution in [3.8, 4) is 0 Å². The SMILES string of the molecule is CN(CC(=O)N1CCCCC1C(=O)Nc1ccc(Cl)c(Cl)c1)C(=O)c1ccco1. The standard InChI is InChI=1S/C20H21Cl2N3O4/c1-24(20(28)17-6-4-10-29-17)12-18(26)25-9-3-2-5-16(25)19(27)23-13-7-8-14(21)15(22)11-13/h4,6-8,10-11,16H,2-3,5,9,12H2,1H3,(H,23,27). The normalized spacial score (nSPS) is 16.4. The van der Waals surface area contributed by atoms with Crippen LogP contribution in [0.1, 0.15) is 29.8 Å². The number of amides is 3. The quantitative estimate of drug-likeness (QED) is 0.772. The minimum atomic E-state index is -0.613. The maximum Gasteiger partial charge on any atom is 0.289 e. The van der Waals surface area contributed by atoms with Gasteiger partial charge in [0.1, 0.15) is 6.04 Å². The van der Waals surface area contributed by atoms with E-state index in [2.05, 4.69) is 5.32 Å². The zero-order chi connectivity index (χ0) is 21.0. The number of hydrogen-bond donors (Lipinski definition) is 1.